The fraction of sp³-hybridized carbons (Fsp3) is 0.600. The number of aryl methyl sites for hydroxylation is 1. The third-order valence-electron chi connectivity index (χ3n) is 3.91. The molecule has 2 rings (SSSR count). The van der Waals surface area contributed by atoms with E-state index in [0.29, 0.717) is 19.3 Å². The molecule has 1 amide bonds. The molecule has 0 aliphatic carbocycles. The highest BCUT2D eigenvalue weighted by Gasteiger charge is 2.44. The molecule has 0 aromatic carbocycles. The third-order valence-corrected chi connectivity index (χ3v) is 3.91. The Morgan fingerprint density at radius 3 is 2.77 bits per heavy atom. The molecule has 7 heteroatoms. The second-order valence-electron chi connectivity index (χ2n) is 5.66. The van der Waals surface area contributed by atoms with Crippen molar-refractivity contribution in [2.75, 3.05) is 13.6 Å². The number of likely N-dealkylation sites (N-methyl/N-ethyl adjacent to an activating group) is 1. The maximum atomic E-state index is 12.8. The lowest BCUT2D eigenvalue weighted by molar-refractivity contribution is -0.188. The van der Waals surface area contributed by atoms with Crippen LogP contribution >= 0.6 is 0 Å². The quantitative estimate of drug-likeness (QED) is 0.926. The highest BCUT2D eigenvalue weighted by molar-refractivity contribution is 5.76. The summed E-state index contributed by atoms with van der Waals surface area (Å²) in [4.78, 5) is 17.3. The molecule has 122 valence electrons. The van der Waals surface area contributed by atoms with Gasteiger partial charge in [-0.1, -0.05) is 6.07 Å². The molecule has 22 heavy (non-hydrogen) atoms. The Hall–Kier alpha value is -1.63. The van der Waals surface area contributed by atoms with Gasteiger partial charge in [-0.05, 0) is 38.4 Å². The van der Waals surface area contributed by atoms with Gasteiger partial charge in [0, 0.05) is 30.9 Å². The predicted octanol–water partition coefficient (Wildman–Crippen LogP) is 2.16. The summed E-state index contributed by atoms with van der Waals surface area (Å²) in [5.41, 5.74) is 0.829. The van der Waals surface area contributed by atoms with E-state index in [1.54, 1.807) is 12.3 Å². The Morgan fingerprint density at radius 2 is 2.18 bits per heavy atom. The molecule has 2 atom stereocenters. The number of nitrogens with zero attached hydrogens (tertiary/aromatic N) is 2. The van der Waals surface area contributed by atoms with Crippen molar-refractivity contribution in [1.29, 1.82) is 0 Å². The zero-order valence-corrected chi connectivity index (χ0v) is 12.4. The largest absolute Gasteiger partial charge is 0.404 e. The second kappa shape index (κ2) is 7.09. The van der Waals surface area contributed by atoms with Crippen LogP contribution in [0, 0.1) is 0 Å². The topological polar surface area (TPSA) is 45.2 Å². The van der Waals surface area contributed by atoms with Crippen molar-refractivity contribution in [3.05, 3.63) is 30.1 Å². The first-order valence-electron chi connectivity index (χ1n) is 7.32. The van der Waals surface area contributed by atoms with Crippen LogP contribution in [0.4, 0.5) is 13.2 Å². The van der Waals surface area contributed by atoms with Gasteiger partial charge in [0.05, 0.1) is 0 Å². The van der Waals surface area contributed by atoms with E-state index in [9.17, 15) is 18.0 Å². The number of nitrogens with one attached hydrogen (secondary N) is 1. The van der Waals surface area contributed by atoms with Gasteiger partial charge in [-0.3, -0.25) is 14.7 Å². The second-order valence-corrected chi connectivity index (χ2v) is 5.66. The number of amides is 1. The van der Waals surface area contributed by atoms with Crippen molar-refractivity contribution in [2.24, 2.45) is 0 Å². The van der Waals surface area contributed by atoms with Crippen LogP contribution in [0.3, 0.4) is 0 Å². The molecule has 0 saturated carbocycles. The van der Waals surface area contributed by atoms with Gasteiger partial charge < -0.3 is 5.32 Å². The minimum absolute atomic E-state index is 0.0190. The molecule has 0 unspecified atom stereocenters. The number of carbonyl (C=O) groups is 1. The van der Waals surface area contributed by atoms with Gasteiger partial charge in [-0.15, -0.1) is 0 Å². The zero-order valence-electron chi connectivity index (χ0n) is 12.4. The summed E-state index contributed by atoms with van der Waals surface area (Å²) in [6, 6.07) is 3.87. The number of halogens is 3. The average molecular weight is 315 g/mol. The van der Waals surface area contributed by atoms with E-state index in [0.717, 1.165) is 5.69 Å². The fourth-order valence-electron chi connectivity index (χ4n) is 2.76. The van der Waals surface area contributed by atoms with Crippen LogP contribution in [0.1, 0.15) is 25.0 Å². The van der Waals surface area contributed by atoms with Crippen molar-refractivity contribution in [3.63, 3.8) is 0 Å². The summed E-state index contributed by atoms with van der Waals surface area (Å²) in [6.45, 7) is 0.222. The number of alkyl halides is 3. The van der Waals surface area contributed by atoms with Crippen LogP contribution in [0.15, 0.2) is 24.4 Å². The molecule has 1 aromatic heterocycles. The molecule has 1 N–H and O–H groups in total. The van der Waals surface area contributed by atoms with Crippen LogP contribution in [0.2, 0.25) is 0 Å². The van der Waals surface area contributed by atoms with E-state index in [1.807, 2.05) is 12.1 Å². The van der Waals surface area contributed by atoms with Crippen LogP contribution in [0.5, 0.6) is 0 Å². The highest BCUT2D eigenvalue weighted by Crippen LogP contribution is 2.30. The van der Waals surface area contributed by atoms with Gasteiger partial charge in [0.15, 0.2) is 0 Å². The predicted molar refractivity (Wildman–Crippen MR) is 76.2 cm³/mol. The van der Waals surface area contributed by atoms with Crippen molar-refractivity contribution in [2.45, 2.75) is 43.9 Å². The summed E-state index contributed by atoms with van der Waals surface area (Å²) < 4.78 is 38.3. The molecule has 0 spiro atoms. The molecule has 1 aliphatic heterocycles. The molecular weight excluding hydrogens is 295 g/mol. The Bertz CT molecular complexity index is 493. The maximum absolute atomic E-state index is 12.8. The highest BCUT2D eigenvalue weighted by atomic mass is 19.4. The van der Waals surface area contributed by atoms with Crippen molar-refractivity contribution >= 4 is 5.91 Å². The Labute approximate surface area is 127 Å². The third kappa shape index (κ3) is 4.69. The smallest absolute Gasteiger partial charge is 0.352 e. The molecule has 2 heterocycles. The first-order chi connectivity index (χ1) is 10.4. The van der Waals surface area contributed by atoms with Crippen molar-refractivity contribution < 1.29 is 18.0 Å². The lowest BCUT2D eigenvalue weighted by Crippen LogP contribution is -2.54. The molecule has 1 aliphatic rings. The molecule has 0 bridgehead atoms. The Kier molecular flexibility index (Phi) is 5.39. The van der Waals surface area contributed by atoms with E-state index < -0.39 is 12.2 Å². The average Bonchev–Trinajstić information content (AvgIpc) is 2.45. The van der Waals surface area contributed by atoms with E-state index >= 15 is 0 Å². The number of hydrogen-bond donors (Lipinski definition) is 1. The number of carbonyl (C=O) groups excluding carboxylic acids is 1. The van der Waals surface area contributed by atoms with Crippen molar-refractivity contribution in [3.8, 4) is 0 Å². The Morgan fingerprint density at radius 1 is 1.41 bits per heavy atom. The molecular formula is C15H20F3N3O. The molecule has 1 saturated heterocycles. The summed E-state index contributed by atoms with van der Waals surface area (Å²) in [7, 11) is 1.45. The monoisotopic (exact) mass is 315 g/mol. The minimum atomic E-state index is -4.21. The summed E-state index contributed by atoms with van der Waals surface area (Å²) in [6.07, 6.45) is -1.35. The number of likely N-dealkylation sites (tertiary alicyclic amines) is 1. The molecule has 0 radical (unpaired) electrons. The van der Waals surface area contributed by atoms with Gasteiger partial charge in [0.1, 0.15) is 6.04 Å². The van der Waals surface area contributed by atoms with E-state index in [-0.39, 0.29) is 24.9 Å². The summed E-state index contributed by atoms with van der Waals surface area (Å²) >= 11 is 0. The van der Waals surface area contributed by atoms with Crippen LogP contribution in [-0.4, -0.2) is 47.6 Å². The maximum Gasteiger partial charge on any atom is 0.404 e. The van der Waals surface area contributed by atoms with E-state index in [4.69, 9.17) is 0 Å². The molecule has 1 fully saturated rings. The van der Waals surface area contributed by atoms with Gasteiger partial charge in [-0.25, -0.2) is 0 Å². The van der Waals surface area contributed by atoms with Crippen molar-refractivity contribution in [1.82, 2.24) is 15.2 Å². The lowest BCUT2D eigenvalue weighted by Gasteiger charge is -2.38. The van der Waals surface area contributed by atoms with E-state index in [2.05, 4.69) is 10.3 Å². The minimum Gasteiger partial charge on any atom is -0.352 e. The number of aromatic nitrogens is 1. The molecule has 4 nitrogen and oxygen atoms in total. The van der Waals surface area contributed by atoms with Crippen LogP contribution in [0.25, 0.3) is 0 Å². The summed E-state index contributed by atoms with van der Waals surface area (Å²) in [5, 5.41) is 2.82. The van der Waals surface area contributed by atoms with Gasteiger partial charge in [0.2, 0.25) is 5.91 Å². The zero-order chi connectivity index (χ0) is 16.2. The number of hydrogen-bond acceptors (Lipinski definition) is 3. The fourth-order valence-corrected chi connectivity index (χ4v) is 2.76. The normalized spacial score (nSPS) is 23.3. The van der Waals surface area contributed by atoms with Crippen LogP contribution in [-0.2, 0) is 11.2 Å². The van der Waals surface area contributed by atoms with Gasteiger partial charge >= 0.3 is 6.18 Å². The summed E-state index contributed by atoms with van der Waals surface area (Å²) in [5.74, 6) is -0.144. The van der Waals surface area contributed by atoms with Gasteiger partial charge in [-0.2, -0.15) is 13.2 Å². The Balaban J connectivity index is 1.76. The van der Waals surface area contributed by atoms with Gasteiger partial charge in [0.25, 0.3) is 0 Å². The molecule has 1 aromatic rings. The number of pyridine rings is 1. The first-order valence-corrected chi connectivity index (χ1v) is 7.32. The van der Waals surface area contributed by atoms with Crippen LogP contribution < -0.4 is 5.32 Å². The first kappa shape index (κ1) is 16.7. The lowest BCUT2D eigenvalue weighted by atomic mass is 9.98. The van der Waals surface area contributed by atoms with E-state index in [1.165, 1.54) is 11.9 Å². The number of piperidine rings is 1. The standard InChI is InChI=1S/C15H20F3N3O/c1-21-10-12(5-7-13(21)15(16,17)18)20-14(22)8-6-11-4-2-3-9-19-11/h2-4,9,12-13H,5-8,10H2,1H3,(H,20,22)/t12-,13+/m1/s1. The SMILES string of the molecule is CN1C[C@H](NC(=O)CCc2ccccn2)CC[C@H]1C(F)(F)F. The number of rotatable bonds is 4.